The van der Waals surface area contributed by atoms with E-state index in [0.717, 1.165) is 230 Å². The van der Waals surface area contributed by atoms with Gasteiger partial charge in [0.25, 0.3) is 27.8 Å². The number of pyridine rings is 10. The largest absolute Gasteiger partial charge is 0.381 e. The van der Waals surface area contributed by atoms with Gasteiger partial charge in [0.05, 0.1) is 92.9 Å². The average Bonchev–Trinajstić information content (AvgIpc) is 0.921. The highest BCUT2D eigenvalue weighted by molar-refractivity contribution is 6.33. The summed E-state index contributed by atoms with van der Waals surface area (Å²) < 4.78 is 28.5. The van der Waals surface area contributed by atoms with Crippen molar-refractivity contribution in [1.29, 1.82) is 0 Å². The first-order chi connectivity index (χ1) is 67.8. The normalized spacial score (nSPS) is 14.7. The Morgan fingerprint density at radius 2 is 0.540 bits per heavy atom. The molecule has 27 nitrogen and oxygen atoms in total. The van der Waals surface area contributed by atoms with E-state index in [1.807, 2.05) is 158 Å². The van der Waals surface area contributed by atoms with Crippen molar-refractivity contribution in [3.05, 3.63) is 322 Å². The zero-order valence-electron chi connectivity index (χ0n) is 81.7. The molecule has 5 aliphatic rings. The fourth-order valence-electron chi connectivity index (χ4n) is 19.1. The van der Waals surface area contributed by atoms with E-state index in [1.165, 1.54) is 97.6 Å². The van der Waals surface area contributed by atoms with E-state index < -0.39 is 0 Å². The van der Waals surface area contributed by atoms with E-state index in [0.29, 0.717) is 49.6 Å². The Kier molecular flexibility index (Phi) is 34.0. The standard InChI is InChI=1S/C23H28N4O2.C23H28N4O.C22H25ClN4O2.C22H26N4O.C21H24N4O/c1-3-8-26-16-21(4-5-22(26)28)27-15-20(14-25-27)23-17(2)11-19(13-24-23)12-18-6-9-29-10-7-18;1-3-10-26-16-21(8-9-22(26)28)27-15-20(14-25-27)23-17(2)11-19(13-24-23)12-18-6-4-5-7-18;1-2-7-26-15-19(3-4-21(26)28)27-14-18(13-25-27)22-20(23)11-17(12-24-22)10-16-5-8-29-9-6-16;1-3-9-25-15-20(7-8-21(25)27)26-14-19(13-24-26)22-16(2)10-18(12-23-22)11-17-5-4-6-17;1-2-10-24-15-19(7-9-21(24)26)25-14-18(13-23-25)20-8-6-17(12-22-20)11-16-4-3-5-16/h4-5,11,13-16,18H,3,6-10,12H2,1-2H3;8-9,11,13-16,18H,3-7,10,12H2,1-2H3;3-4,11-16H,2,5-10H2,1H3;7-8,10,12-15,17H,3-6,9,11H2,1-2H3;6-9,12-16H,2-5,10-11H2,1H3. The number of ether oxygens (including phenoxy) is 2. The second-order valence-electron chi connectivity index (χ2n) is 38.1. The number of halogens is 1. The maximum absolute atomic E-state index is 12.0. The third kappa shape index (κ3) is 26.0. The second-order valence-corrected chi connectivity index (χ2v) is 38.5. The zero-order chi connectivity index (χ0) is 96.7. The summed E-state index contributed by atoms with van der Waals surface area (Å²) >= 11 is 6.55. The monoisotopic (exact) mass is 1890 g/mol. The maximum atomic E-state index is 12.0. The van der Waals surface area contributed by atoms with Gasteiger partial charge in [0.2, 0.25) is 0 Å². The summed E-state index contributed by atoms with van der Waals surface area (Å²) in [4.78, 5) is 83.1. The summed E-state index contributed by atoms with van der Waals surface area (Å²) in [5.41, 5.74) is 23.7. The van der Waals surface area contributed by atoms with Crippen molar-refractivity contribution >= 4 is 11.6 Å². The van der Waals surface area contributed by atoms with Crippen molar-refractivity contribution in [3.63, 3.8) is 0 Å². The highest BCUT2D eigenvalue weighted by Gasteiger charge is 2.25. The number of hydrogen-bond acceptors (Lipinski definition) is 17. The Hall–Kier alpha value is -13.2. The van der Waals surface area contributed by atoms with Crippen molar-refractivity contribution in [2.45, 2.75) is 242 Å². The fourth-order valence-corrected chi connectivity index (χ4v) is 19.4. The van der Waals surface area contributed by atoms with Crippen LogP contribution in [0, 0.1) is 50.4 Å². The molecule has 3 saturated carbocycles. The average molecular weight is 1890 g/mol. The molecule has 0 spiro atoms. The van der Waals surface area contributed by atoms with Crippen molar-refractivity contribution < 1.29 is 9.47 Å². The molecule has 0 aromatic carbocycles. The lowest BCUT2D eigenvalue weighted by Crippen LogP contribution is -2.19. The van der Waals surface area contributed by atoms with Gasteiger partial charge in [0.15, 0.2) is 0 Å². The van der Waals surface area contributed by atoms with Crippen LogP contribution in [0.15, 0.2) is 245 Å². The van der Waals surface area contributed by atoms with Crippen LogP contribution in [0.1, 0.15) is 201 Å². The third-order valence-electron chi connectivity index (χ3n) is 27.1. The Balaban J connectivity index is 0.000000126. The first-order valence-electron chi connectivity index (χ1n) is 50.2. The van der Waals surface area contributed by atoms with Crippen LogP contribution < -0.4 is 27.8 Å². The number of aryl methyl sites for hydroxylation is 8. The molecule has 15 aromatic heterocycles. The van der Waals surface area contributed by atoms with Gasteiger partial charge >= 0.3 is 0 Å². The van der Waals surface area contributed by atoms with E-state index in [1.54, 1.807) is 85.5 Å². The minimum absolute atomic E-state index is 0.00666. The lowest BCUT2D eigenvalue weighted by atomic mass is 9.81. The molecule has 2 saturated heterocycles. The minimum Gasteiger partial charge on any atom is -0.381 e. The van der Waals surface area contributed by atoms with Gasteiger partial charge in [-0.25, -0.2) is 23.4 Å². The van der Waals surface area contributed by atoms with Crippen LogP contribution in [-0.4, -0.2) is 123 Å². The van der Waals surface area contributed by atoms with Gasteiger partial charge in [-0.15, -0.1) is 0 Å². The molecule has 3 aliphatic carbocycles. The van der Waals surface area contributed by atoms with Gasteiger partial charge in [0.1, 0.15) is 0 Å². The lowest BCUT2D eigenvalue weighted by molar-refractivity contribution is 0.0664. The predicted octanol–water partition coefficient (Wildman–Crippen LogP) is 20.5. The molecule has 15 aromatic rings. The Morgan fingerprint density at radius 3 is 0.813 bits per heavy atom. The Labute approximate surface area is 818 Å². The molecule has 0 bridgehead atoms. The molecular weight excluding hydrogens is 1760 g/mol. The molecule has 0 N–H and O–H groups in total. The van der Waals surface area contributed by atoms with Gasteiger partial charge in [-0.2, -0.15) is 25.5 Å². The summed E-state index contributed by atoms with van der Waals surface area (Å²) in [5, 5.41) is 23.0. The van der Waals surface area contributed by atoms with Gasteiger partial charge in [-0.1, -0.05) is 135 Å². The predicted molar refractivity (Wildman–Crippen MR) is 548 cm³/mol. The molecule has 139 heavy (non-hydrogen) atoms. The molecule has 2 aliphatic heterocycles. The highest BCUT2D eigenvalue weighted by Crippen LogP contribution is 2.36. The summed E-state index contributed by atoms with van der Waals surface area (Å²) in [7, 11) is 0. The van der Waals surface area contributed by atoms with Crippen LogP contribution in [0.4, 0.5) is 0 Å². The summed E-state index contributed by atoms with van der Waals surface area (Å²) in [6.07, 6.45) is 66.3. The van der Waals surface area contributed by atoms with Crippen LogP contribution in [0.2, 0.25) is 5.02 Å². The highest BCUT2D eigenvalue weighted by atomic mass is 35.5. The third-order valence-corrected chi connectivity index (χ3v) is 27.4. The number of hydrogen-bond donors (Lipinski definition) is 0. The molecule has 20 rings (SSSR count). The summed E-state index contributed by atoms with van der Waals surface area (Å²) in [6.45, 7) is 23.6. The van der Waals surface area contributed by atoms with Crippen LogP contribution in [0.5, 0.6) is 0 Å². The molecule has 0 amide bonds. The van der Waals surface area contributed by atoms with Crippen LogP contribution in [0.3, 0.4) is 0 Å². The molecule has 0 unspecified atom stereocenters. The van der Waals surface area contributed by atoms with Gasteiger partial charge in [0, 0.05) is 210 Å². The molecule has 28 heteroatoms. The van der Waals surface area contributed by atoms with Gasteiger partial charge < -0.3 is 32.3 Å². The smallest absolute Gasteiger partial charge is 0.250 e. The minimum atomic E-state index is -0.00666. The van der Waals surface area contributed by atoms with Crippen molar-refractivity contribution in [2.24, 2.45) is 29.6 Å². The van der Waals surface area contributed by atoms with E-state index in [9.17, 15) is 24.0 Å². The molecule has 0 radical (unpaired) electrons. The van der Waals surface area contributed by atoms with E-state index in [4.69, 9.17) is 36.0 Å². The Bertz CT molecular complexity index is 6750. The molecule has 724 valence electrons. The van der Waals surface area contributed by atoms with Crippen molar-refractivity contribution in [2.75, 3.05) is 26.4 Å². The molecule has 17 heterocycles. The second kappa shape index (κ2) is 47.9. The number of aromatic nitrogens is 20. The lowest BCUT2D eigenvalue weighted by Gasteiger charge is -2.25. The SMILES string of the molecule is CCCn1cc(-n2cc(-c3ccc(CC4CCC4)cn3)cn2)ccc1=O.CCCn1cc(-n2cc(-c3ncc(CC4CCC4)cc3C)cn2)ccc1=O.CCCn1cc(-n2cc(-c3ncc(CC4CCCC4)cc3C)cn2)ccc1=O.CCCn1cc(-n2cc(-c3ncc(CC4CCOCC4)cc3C)cn2)ccc1=O.CCCn1cc(-n2cc(-c3ncc(CC4CCOCC4)cc3Cl)cn2)ccc1=O. The van der Waals surface area contributed by atoms with Crippen molar-refractivity contribution in [3.8, 4) is 84.7 Å². The van der Waals surface area contributed by atoms with Crippen molar-refractivity contribution in [1.82, 2.24) is 96.7 Å². The zero-order valence-corrected chi connectivity index (χ0v) is 82.4. The topological polar surface area (TPSA) is 282 Å². The van der Waals surface area contributed by atoms with Crippen LogP contribution in [0.25, 0.3) is 84.7 Å². The van der Waals surface area contributed by atoms with Gasteiger partial charge in [-0.3, -0.25) is 48.9 Å². The maximum Gasteiger partial charge on any atom is 0.250 e. The molecular formula is C111H131ClN20O7. The summed E-state index contributed by atoms with van der Waals surface area (Å²) in [6, 6.07) is 30.0. The molecule has 0 atom stereocenters. The van der Waals surface area contributed by atoms with Gasteiger partial charge in [-0.05, 0) is 227 Å². The number of nitrogens with zero attached hydrogens (tertiary/aromatic N) is 20. The quantitative estimate of drug-likeness (QED) is 0.0404. The van der Waals surface area contributed by atoms with Crippen LogP contribution in [-0.2, 0) is 74.3 Å². The van der Waals surface area contributed by atoms with E-state index >= 15 is 0 Å². The fraction of sp³-hybridized carbons (Fsp3) is 0.414. The van der Waals surface area contributed by atoms with E-state index in [-0.39, 0.29) is 27.8 Å². The summed E-state index contributed by atoms with van der Waals surface area (Å²) in [5.74, 6) is 3.85. The first kappa shape index (κ1) is 98.8. The Morgan fingerprint density at radius 1 is 0.281 bits per heavy atom. The van der Waals surface area contributed by atoms with Crippen LogP contribution >= 0.6 is 11.6 Å². The molecule has 5 fully saturated rings. The first-order valence-corrected chi connectivity index (χ1v) is 50.6. The number of rotatable bonds is 30. The van der Waals surface area contributed by atoms with E-state index in [2.05, 4.69) is 114 Å².